The van der Waals surface area contributed by atoms with E-state index in [0.29, 0.717) is 46.8 Å². The molecule has 1 heterocycles. The summed E-state index contributed by atoms with van der Waals surface area (Å²) in [4.78, 5) is 30.2. The van der Waals surface area contributed by atoms with Crippen molar-refractivity contribution in [3.63, 3.8) is 0 Å². The SMILES string of the molecule is Cc1cc2c(Oc3ccc(NC(=O)C4(C(=O)Nc5ccc(F)cc5)CC4)cc3)ccnc2cc1/C(C=N)=C/N. The number of rotatable bonds is 8. The van der Waals surface area contributed by atoms with Crippen molar-refractivity contribution in [2.75, 3.05) is 10.6 Å². The van der Waals surface area contributed by atoms with Crippen molar-refractivity contribution in [1.82, 2.24) is 4.98 Å². The number of hydrogen-bond acceptors (Lipinski definition) is 6. The number of nitrogens with one attached hydrogen (secondary N) is 3. The summed E-state index contributed by atoms with van der Waals surface area (Å²) in [7, 11) is 0. The molecule has 1 aliphatic rings. The van der Waals surface area contributed by atoms with Crippen molar-refractivity contribution in [3.8, 4) is 11.5 Å². The largest absolute Gasteiger partial charge is 0.457 e. The Hall–Kier alpha value is -5.05. The Labute approximate surface area is 224 Å². The number of hydrogen-bond donors (Lipinski definition) is 4. The van der Waals surface area contributed by atoms with Gasteiger partial charge in [-0.15, -0.1) is 0 Å². The van der Waals surface area contributed by atoms with Gasteiger partial charge in [-0.2, -0.15) is 0 Å². The second kappa shape index (κ2) is 10.4. The van der Waals surface area contributed by atoms with Gasteiger partial charge in [-0.05, 0) is 97.6 Å². The van der Waals surface area contributed by atoms with Crippen LogP contribution in [0.5, 0.6) is 11.5 Å². The van der Waals surface area contributed by atoms with Crippen molar-refractivity contribution in [3.05, 3.63) is 96.1 Å². The number of anilines is 2. The molecule has 0 radical (unpaired) electrons. The smallest absolute Gasteiger partial charge is 0.240 e. The highest BCUT2D eigenvalue weighted by atomic mass is 19.1. The monoisotopic (exact) mass is 523 g/mol. The molecule has 0 saturated heterocycles. The first-order chi connectivity index (χ1) is 18.8. The summed E-state index contributed by atoms with van der Waals surface area (Å²) < 4.78 is 19.3. The van der Waals surface area contributed by atoms with E-state index in [1.54, 1.807) is 36.5 Å². The van der Waals surface area contributed by atoms with Gasteiger partial charge in [0, 0.05) is 40.9 Å². The van der Waals surface area contributed by atoms with Crippen LogP contribution >= 0.6 is 0 Å². The van der Waals surface area contributed by atoms with Crippen LogP contribution in [0.1, 0.15) is 24.0 Å². The van der Waals surface area contributed by atoms with Crippen molar-refractivity contribution < 1.29 is 18.7 Å². The molecule has 0 unspecified atom stereocenters. The number of ether oxygens (including phenoxy) is 1. The zero-order chi connectivity index (χ0) is 27.6. The summed E-state index contributed by atoms with van der Waals surface area (Å²) in [5, 5.41) is 13.9. The summed E-state index contributed by atoms with van der Waals surface area (Å²) in [5.74, 6) is -0.0473. The molecule has 2 amide bonds. The number of nitrogens with two attached hydrogens (primary N) is 1. The summed E-state index contributed by atoms with van der Waals surface area (Å²) in [6, 6.07) is 17.9. The second-order valence-corrected chi connectivity index (χ2v) is 9.38. The van der Waals surface area contributed by atoms with Crippen LogP contribution in [-0.4, -0.2) is 23.0 Å². The van der Waals surface area contributed by atoms with Gasteiger partial charge in [0.05, 0.1) is 5.52 Å². The Morgan fingerprint density at radius 2 is 1.62 bits per heavy atom. The van der Waals surface area contributed by atoms with Gasteiger partial charge in [-0.3, -0.25) is 14.6 Å². The molecule has 5 N–H and O–H groups in total. The third-order valence-corrected chi connectivity index (χ3v) is 6.76. The van der Waals surface area contributed by atoms with E-state index in [-0.39, 0.29) is 0 Å². The lowest BCUT2D eigenvalue weighted by atomic mass is 9.99. The third-order valence-electron chi connectivity index (χ3n) is 6.76. The lowest BCUT2D eigenvalue weighted by Crippen LogP contribution is -2.35. The van der Waals surface area contributed by atoms with Gasteiger partial charge in [-0.1, -0.05) is 0 Å². The number of aryl methyl sites for hydroxylation is 1. The van der Waals surface area contributed by atoms with Gasteiger partial charge in [0.1, 0.15) is 22.7 Å². The van der Waals surface area contributed by atoms with Crippen LogP contribution < -0.4 is 21.1 Å². The Bertz CT molecular complexity index is 1610. The van der Waals surface area contributed by atoms with E-state index < -0.39 is 23.0 Å². The van der Waals surface area contributed by atoms with Gasteiger partial charge in [0.25, 0.3) is 0 Å². The first-order valence-corrected chi connectivity index (χ1v) is 12.3. The number of allylic oxidation sites excluding steroid dienone is 1. The van der Waals surface area contributed by atoms with E-state index in [4.69, 9.17) is 15.9 Å². The van der Waals surface area contributed by atoms with E-state index in [2.05, 4.69) is 15.6 Å². The maximum absolute atomic E-state index is 13.1. The summed E-state index contributed by atoms with van der Waals surface area (Å²) in [6.45, 7) is 1.93. The van der Waals surface area contributed by atoms with Crippen molar-refractivity contribution in [1.29, 1.82) is 5.41 Å². The highest BCUT2D eigenvalue weighted by molar-refractivity contribution is 6.17. The first kappa shape index (κ1) is 25.6. The first-order valence-electron chi connectivity index (χ1n) is 12.3. The predicted octanol–water partition coefficient (Wildman–Crippen LogP) is 5.78. The fourth-order valence-electron chi connectivity index (χ4n) is 4.34. The zero-order valence-electron chi connectivity index (χ0n) is 21.1. The van der Waals surface area contributed by atoms with Gasteiger partial charge in [0.2, 0.25) is 11.8 Å². The van der Waals surface area contributed by atoms with Gasteiger partial charge in [-0.25, -0.2) is 4.39 Å². The standard InChI is InChI=1S/C30H26FN5O3/c1-18-14-25-26(15-24(18)19(16-32)17-33)34-13-10-27(25)39-23-8-6-22(7-9-23)36-29(38)30(11-12-30)28(37)35-21-4-2-20(31)3-5-21/h2-10,13-17,32H,11-12,33H2,1H3,(H,35,37)(H,36,38)/b19-17+,32-16?. The number of fused-ring (bicyclic) bond motifs is 1. The van der Waals surface area contributed by atoms with Crippen molar-refractivity contribution in [2.45, 2.75) is 19.8 Å². The van der Waals surface area contributed by atoms with Gasteiger partial charge < -0.3 is 26.5 Å². The molecule has 0 atom stereocenters. The zero-order valence-corrected chi connectivity index (χ0v) is 21.1. The van der Waals surface area contributed by atoms with E-state index in [9.17, 15) is 14.0 Å². The number of pyridine rings is 1. The van der Waals surface area contributed by atoms with Crippen LogP contribution in [0.25, 0.3) is 16.5 Å². The molecular weight excluding hydrogens is 497 g/mol. The molecule has 4 aromatic rings. The number of aromatic nitrogens is 1. The number of carbonyl (C=O) groups excluding carboxylic acids is 2. The van der Waals surface area contributed by atoms with Crippen LogP contribution in [-0.2, 0) is 9.59 Å². The van der Waals surface area contributed by atoms with Crippen molar-refractivity contribution in [2.24, 2.45) is 11.1 Å². The van der Waals surface area contributed by atoms with E-state index in [1.807, 2.05) is 19.1 Å². The third kappa shape index (κ3) is 5.19. The van der Waals surface area contributed by atoms with E-state index in [0.717, 1.165) is 16.5 Å². The molecular formula is C30H26FN5O3. The summed E-state index contributed by atoms with van der Waals surface area (Å²) in [6.07, 6.45) is 5.12. The Kier molecular flexibility index (Phi) is 6.81. The minimum atomic E-state index is -1.15. The molecule has 1 aromatic heterocycles. The molecule has 39 heavy (non-hydrogen) atoms. The van der Waals surface area contributed by atoms with Crippen LogP contribution in [0, 0.1) is 23.6 Å². The number of amides is 2. The number of halogens is 1. The minimum Gasteiger partial charge on any atom is -0.457 e. The van der Waals surface area contributed by atoms with E-state index in [1.165, 1.54) is 36.7 Å². The number of benzene rings is 3. The van der Waals surface area contributed by atoms with Crippen molar-refractivity contribution >= 4 is 45.9 Å². The van der Waals surface area contributed by atoms with Crippen LogP contribution in [0.15, 0.2) is 79.1 Å². The molecule has 196 valence electrons. The molecule has 1 aliphatic carbocycles. The Morgan fingerprint density at radius 3 is 2.18 bits per heavy atom. The quantitative estimate of drug-likeness (QED) is 0.172. The second-order valence-electron chi connectivity index (χ2n) is 9.38. The molecule has 1 saturated carbocycles. The number of carbonyl (C=O) groups is 2. The molecule has 9 heteroatoms. The van der Waals surface area contributed by atoms with Crippen LogP contribution in [0.3, 0.4) is 0 Å². The minimum absolute atomic E-state index is 0.391. The maximum Gasteiger partial charge on any atom is 0.240 e. The van der Waals surface area contributed by atoms with E-state index >= 15 is 0 Å². The molecule has 3 aromatic carbocycles. The Balaban J connectivity index is 1.28. The molecule has 0 aliphatic heterocycles. The lowest BCUT2D eigenvalue weighted by molar-refractivity contribution is -0.131. The fraction of sp³-hybridized carbons (Fsp3) is 0.133. The summed E-state index contributed by atoms with van der Waals surface area (Å²) >= 11 is 0. The van der Waals surface area contributed by atoms with Gasteiger partial charge in [0.15, 0.2) is 0 Å². The molecule has 5 rings (SSSR count). The maximum atomic E-state index is 13.1. The Morgan fingerprint density at radius 1 is 1.00 bits per heavy atom. The lowest BCUT2D eigenvalue weighted by Gasteiger charge is -2.16. The average Bonchev–Trinajstić information content (AvgIpc) is 3.75. The topological polar surface area (TPSA) is 130 Å². The van der Waals surface area contributed by atoms with Crippen LogP contribution in [0.4, 0.5) is 15.8 Å². The summed E-state index contributed by atoms with van der Waals surface area (Å²) in [5.41, 5.74) is 8.53. The van der Waals surface area contributed by atoms with Gasteiger partial charge >= 0.3 is 0 Å². The predicted molar refractivity (Wildman–Crippen MR) is 149 cm³/mol. The highest BCUT2D eigenvalue weighted by Crippen LogP contribution is 2.47. The number of nitrogens with zero attached hydrogens (tertiary/aromatic N) is 1. The molecule has 0 spiro atoms. The fourth-order valence-corrected chi connectivity index (χ4v) is 4.34. The normalized spacial score (nSPS) is 13.9. The average molecular weight is 524 g/mol. The highest BCUT2D eigenvalue weighted by Gasteiger charge is 2.56. The molecule has 8 nitrogen and oxygen atoms in total. The van der Waals surface area contributed by atoms with Crippen LogP contribution in [0.2, 0.25) is 0 Å². The molecule has 1 fully saturated rings. The molecule has 0 bridgehead atoms.